The average Bonchev–Trinajstić information content (AvgIpc) is 3.47. The van der Waals surface area contributed by atoms with Crippen LogP contribution in [-0.4, -0.2) is 25.7 Å². The zero-order valence-electron chi connectivity index (χ0n) is 15.7. The number of hydrogen-bond acceptors (Lipinski definition) is 5. The van der Waals surface area contributed by atoms with Crippen LogP contribution in [0.4, 0.5) is 10.2 Å². The molecule has 0 amide bonds. The molecule has 0 fully saturated rings. The molecule has 3 N–H and O–H groups in total. The van der Waals surface area contributed by atoms with Gasteiger partial charge in [-0.15, -0.1) is 0 Å². The first-order chi connectivity index (χ1) is 14.6. The first kappa shape index (κ1) is 17.9. The summed E-state index contributed by atoms with van der Waals surface area (Å²) in [6.07, 6.45) is 1.43. The average molecular weight is 401 g/mol. The molecule has 0 atom stereocenters. The van der Waals surface area contributed by atoms with Gasteiger partial charge in [-0.05, 0) is 18.2 Å². The van der Waals surface area contributed by atoms with Gasteiger partial charge in [-0.2, -0.15) is 5.10 Å². The molecule has 3 heterocycles. The van der Waals surface area contributed by atoms with Crippen LogP contribution in [0.25, 0.3) is 22.3 Å². The second-order valence-corrected chi connectivity index (χ2v) is 6.84. The molecule has 5 rings (SSSR count). The van der Waals surface area contributed by atoms with Gasteiger partial charge in [-0.3, -0.25) is 9.48 Å². The number of halogens is 1. The lowest BCUT2D eigenvalue weighted by molar-refractivity contribution is 0.103. The Hall–Kier alpha value is -4.20. The molecule has 0 aliphatic heterocycles. The quantitative estimate of drug-likeness (QED) is 0.433. The monoisotopic (exact) mass is 401 g/mol. The van der Waals surface area contributed by atoms with Gasteiger partial charge in [-0.25, -0.2) is 4.39 Å². The molecule has 0 bridgehead atoms. The van der Waals surface area contributed by atoms with E-state index in [1.54, 1.807) is 30.3 Å². The second kappa shape index (κ2) is 7.00. The summed E-state index contributed by atoms with van der Waals surface area (Å²) in [7, 11) is 0. The number of benzene rings is 2. The van der Waals surface area contributed by atoms with Crippen LogP contribution in [0.5, 0.6) is 0 Å². The number of aromatic amines is 1. The molecule has 0 unspecified atom stereocenters. The van der Waals surface area contributed by atoms with E-state index in [0.29, 0.717) is 27.9 Å². The molecule has 8 heteroatoms. The predicted octanol–water partition coefficient (Wildman–Crippen LogP) is 4.02. The van der Waals surface area contributed by atoms with Gasteiger partial charge in [0.1, 0.15) is 29.3 Å². The molecule has 3 aromatic heterocycles. The number of anilines is 1. The molecular weight excluding hydrogens is 385 g/mol. The standard InChI is InChI=1S/C22H16FN5O2/c23-15-7-3-1-5-13(15)12-28-19(17-9-10-30-27-17)11-18(26-28)21(29)20-14-6-2-4-8-16(14)25-22(20)24/h1-11,25H,12,24H2. The van der Waals surface area contributed by atoms with Gasteiger partial charge in [-0.1, -0.05) is 41.6 Å². The van der Waals surface area contributed by atoms with Gasteiger partial charge in [0.25, 0.3) is 0 Å². The summed E-state index contributed by atoms with van der Waals surface area (Å²) in [6, 6.07) is 17.1. The highest BCUT2D eigenvalue weighted by Crippen LogP contribution is 2.28. The number of aromatic nitrogens is 4. The summed E-state index contributed by atoms with van der Waals surface area (Å²) in [5.74, 6) is -0.414. The molecule has 0 aliphatic rings. The van der Waals surface area contributed by atoms with E-state index in [0.717, 1.165) is 5.52 Å². The van der Waals surface area contributed by atoms with Crippen molar-refractivity contribution in [2.45, 2.75) is 6.54 Å². The van der Waals surface area contributed by atoms with E-state index in [1.165, 1.54) is 17.0 Å². The molecule has 2 aromatic carbocycles. The SMILES string of the molecule is Nc1[nH]c2ccccc2c1C(=O)c1cc(-c2ccon2)n(Cc2ccccc2F)n1. The normalized spacial score (nSPS) is 11.2. The lowest BCUT2D eigenvalue weighted by Gasteiger charge is -2.06. The van der Waals surface area contributed by atoms with Gasteiger partial charge in [0, 0.05) is 22.5 Å². The Kier molecular flexibility index (Phi) is 4.17. The van der Waals surface area contributed by atoms with E-state index in [1.807, 2.05) is 24.3 Å². The first-order valence-corrected chi connectivity index (χ1v) is 9.24. The lowest BCUT2D eigenvalue weighted by atomic mass is 10.1. The molecular formula is C22H16FN5O2. The Bertz CT molecular complexity index is 1370. The van der Waals surface area contributed by atoms with E-state index in [-0.39, 0.29) is 29.7 Å². The number of nitrogens with zero attached hydrogens (tertiary/aromatic N) is 3. The smallest absolute Gasteiger partial charge is 0.217 e. The Morgan fingerprint density at radius 2 is 1.93 bits per heavy atom. The van der Waals surface area contributed by atoms with Gasteiger partial charge < -0.3 is 15.2 Å². The lowest BCUT2D eigenvalue weighted by Crippen LogP contribution is -2.09. The van der Waals surface area contributed by atoms with Gasteiger partial charge in [0.15, 0.2) is 0 Å². The fraction of sp³-hybridized carbons (Fsp3) is 0.0455. The van der Waals surface area contributed by atoms with E-state index < -0.39 is 0 Å². The maximum atomic E-state index is 14.2. The fourth-order valence-electron chi connectivity index (χ4n) is 3.52. The highest BCUT2D eigenvalue weighted by Gasteiger charge is 2.23. The number of nitrogens with one attached hydrogen (secondary N) is 1. The highest BCUT2D eigenvalue weighted by molar-refractivity contribution is 6.19. The van der Waals surface area contributed by atoms with E-state index >= 15 is 0 Å². The van der Waals surface area contributed by atoms with Crippen LogP contribution in [0.15, 0.2) is 71.4 Å². The van der Waals surface area contributed by atoms with Crippen molar-refractivity contribution >= 4 is 22.5 Å². The van der Waals surface area contributed by atoms with Crippen molar-refractivity contribution in [1.29, 1.82) is 0 Å². The van der Waals surface area contributed by atoms with Crippen molar-refractivity contribution in [2.24, 2.45) is 0 Å². The van der Waals surface area contributed by atoms with Gasteiger partial charge >= 0.3 is 0 Å². The van der Waals surface area contributed by atoms with Crippen molar-refractivity contribution in [2.75, 3.05) is 5.73 Å². The number of ketones is 1. The van der Waals surface area contributed by atoms with Crippen LogP contribution in [0.3, 0.4) is 0 Å². The summed E-state index contributed by atoms with van der Waals surface area (Å²) in [5, 5.41) is 9.11. The fourth-order valence-corrected chi connectivity index (χ4v) is 3.52. The third-order valence-corrected chi connectivity index (χ3v) is 4.95. The van der Waals surface area contributed by atoms with Crippen molar-refractivity contribution in [1.82, 2.24) is 19.9 Å². The predicted molar refractivity (Wildman–Crippen MR) is 109 cm³/mol. The van der Waals surface area contributed by atoms with E-state index in [4.69, 9.17) is 10.3 Å². The number of nitrogens with two attached hydrogens (primary N) is 1. The zero-order chi connectivity index (χ0) is 20.7. The number of nitrogen functional groups attached to an aromatic ring is 1. The van der Waals surface area contributed by atoms with Crippen LogP contribution >= 0.6 is 0 Å². The maximum Gasteiger partial charge on any atom is 0.217 e. The molecule has 30 heavy (non-hydrogen) atoms. The molecule has 0 aliphatic carbocycles. The summed E-state index contributed by atoms with van der Waals surface area (Å²) in [5.41, 5.74) is 8.85. The molecule has 7 nitrogen and oxygen atoms in total. The summed E-state index contributed by atoms with van der Waals surface area (Å²) in [4.78, 5) is 16.3. The number of para-hydroxylation sites is 1. The van der Waals surface area contributed by atoms with Crippen molar-refractivity contribution in [3.8, 4) is 11.4 Å². The third kappa shape index (κ3) is 2.95. The third-order valence-electron chi connectivity index (χ3n) is 4.95. The van der Waals surface area contributed by atoms with Crippen LogP contribution in [0.1, 0.15) is 21.6 Å². The summed E-state index contributed by atoms with van der Waals surface area (Å²) < 4.78 is 20.7. The van der Waals surface area contributed by atoms with Crippen molar-refractivity contribution < 1.29 is 13.7 Å². The first-order valence-electron chi connectivity index (χ1n) is 9.24. The largest absolute Gasteiger partial charge is 0.385 e. The summed E-state index contributed by atoms with van der Waals surface area (Å²) >= 11 is 0. The molecule has 148 valence electrons. The molecule has 0 saturated heterocycles. The number of fused-ring (bicyclic) bond motifs is 1. The van der Waals surface area contributed by atoms with Crippen LogP contribution in [-0.2, 0) is 6.54 Å². The van der Waals surface area contributed by atoms with Crippen molar-refractivity contribution in [3.63, 3.8) is 0 Å². The Balaban J connectivity index is 1.62. The topological polar surface area (TPSA) is 103 Å². The number of carbonyl (C=O) groups is 1. The Morgan fingerprint density at radius 1 is 1.13 bits per heavy atom. The zero-order valence-corrected chi connectivity index (χ0v) is 15.7. The van der Waals surface area contributed by atoms with E-state index in [2.05, 4.69) is 15.2 Å². The van der Waals surface area contributed by atoms with Crippen molar-refractivity contribution in [3.05, 3.63) is 89.6 Å². The van der Waals surface area contributed by atoms with Crippen LogP contribution < -0.4 is 5.73 Å². The molecule has 5 aromatic rings. The maximum absolute atomic E-state index is 14.2. The Morgan fingerprint density at radius 3 is 2.73 bits per heavy atom. The van der Waals surface area contributed by atoms with Gasteiger partial charge in [0.05, 0.1) is 17.8 Å². The Labute approximate surface area is 169 Å². The second-order valence-electron chi connectivity index (χ2n) is 6.84. The van der Waals surface area contributed by atoms with Gasteiger partial charge in [0.2, 0.25) is 5.78 Å². The minimum absolute atomic E-state index is 0.130. The van der Waals surface area contributed by atoms with E-state index in [9.17, 15) is 9.18 Å². The number of carbonyl (C=O) groups excluding carboxylic acids is 1. The minimum atomic E-state index is -0.354. The minimum Gasteiger partial charge on any atom is -0.385 e. The highest BCUT2D eigenvalue weighted by atomic mass is 19.1. The molecule has 0 saturated carbocycles. The molecule has 0 spiro atoms. The number of hydrogen-bond donors (Lipinski definition) is 2. The summed E-state index contributed by atoms with van der Waals surface area (Å²) in [6.45, 7) is 0.130. The number of H-pyrrole nitrogens is 1. The van der Waals surface area contributed by atoms with Crippen LogP contribution in [0.2, 0.25) is 0 Å². The molecule has 0 radical (unpaired) electrons. The number of rotatable bonds is 5. The van der Waals surface area contributed by atoms with Crippen LogP contribution in [0, 0.1) is 5.82 Å².